The fraction of sp³-hybridized carbons (Fsp3) is 0.238. The van der Waals surface area contributed by atoms with E-state index in [0.29, 0.717) is 29.2 Å². The first-order valence-corrected chi connectivity index (χ1v) is 8.64. The summed E-state index contributed by atoms with van der Waals surface area (Å²) in [5.41, 5.74) is 2.71. The van der Waals surface area contributed by atoms with Crippen LogP contribution >= 0.6 is 0 Å². The number of carbonyl (C=O) groups excluding carboxylic acids is 2. The highest BCUT2D eigenvalue weighted by Gasteiger charge is 2.31. The number of carbonyl (C=O) groups is 2. The molecule has 6 heteroatoms. The van der Waals surface area contributed by atoms with Gasteiger partial charge in [-0.1, -0.05) is 24.3 Å². The number of nitrogens with zero attached hydrogens (tertiary/aromatic N) is 1. The van der Waals surface area contributed by atoms with E-state index in [4.69, 9.17) is 4.74 Å². The summed E-state index contributed by atoms with van der Waals surface area (Å²) in [7, 11) is 0. The van der Waals surface area contributed by atoms with Crippen LogP contribution in [0.2, 0.25) is 0 Å². The SMILES string of the molecule is C=C(C)CN1C(=O)C(C)Oc2ccc(NC(=O)Cc3ccc(F)cc3)cc21. The maximum atomic E-state index is 13.0. The van der Waals surface area contributed by atoms with Crippen molar-refractivity contribution in [3.63, 3.8) is 0 Å². The average molecular weight is 368 g/mol. The van der Waals surface area contributed by atoms with E-state index < -0.39 is 6.10 Å². The van der Waals surface area contributed by atoms with E-state index in [0.717, 1.165) is 5.57 Å². The molecule has 0 saturated heterocycles. The first-order chi connectivity index (χ1) is 12.8. The molecule has 0 aliphatic carbocycles. The maximum Gasteiger partial charge on any atom is 0.268 e. The van der Waals surface area contributed by atoms with Crippen LogP contribution in [0.1, 0.15) is 19.4 Å². The van der Waals surface area contributed by atoms with Gasteiger partial charge in [0.05, 0.1) is 12.1 Å². The molecule has 1 N–H and O–H groups in total. The molecule has 27 heavy (non-hydrogen) atoms. The predicted molar refractivity (Wildman–Crippen MR) is 102 cm³/mol. The molecule has 2 aromatic carbocycles. The molecule has 1 atom stereocenters. The Morgan fingerprint density at radius 1 is 1.26 bits per heavy atom. The number of hydrogen-bond acceptors (Lipinski definition) is 3. The van der Waals surface area contributed by atoms with Crippen molar-refractivity contribution >= 4 is 23.2 Å². The topological polar surface area (TPSA) is 58.6 Å². The van der Waals surface area contributed by atoms with Crippen molar-refractivity contribution in [1.29, 1.82) is 0 Å². The van der Waals surface area contributed by atoms with E-state index in [1.807, 2.05) is 6.92 Å². The van der Waals surface area contributed by atoms with Crippen molar-refractivity contribution in [3.8, 4) is 5.75 Å². The van der Waals surface area contributed by atoms with Gasteiger partial charge in [0.15, 0.2) is 6.10 Å². The van der Waals surface area contributed by atoms with Crippen molar-refractivity contribution in [1.82, 2.24) is 0 Å². The van der Waals surface area contributed by atoms with E-state index in [1.165, 1.54) is 12.1 Å². The maximum absolute atomic E-state index is 13.0. The number of amides is 2. The van der Waals surface area contributed by atoms with Gasteiger partial charge in [0.25, 0.3) is 5.91 Å². The lowest BCUT2D eigenvalue weighted by atomic mass is 10.1. The van der Waals surface area contributed by atoms with Gasteiger partial charge < -0.3 is 15.0 Å². The average Bonchev–Trinajstić information content (AvgIpc) is 2.61. The first-order valence-electron chi connectivity index (χ1n) is 8.64. The molecule has 2 amide bonds. The number of halogens is 1. The Morgan fingerprint density at radius 2 is 1.96 bits per heavy atom. The van der Waals surface area contributed by atoms with Crippen molar-refractivity contribution < 1.29 is 18.7 Å². The molecule has 0 fully saturated rings. The van der Waals surface area contributed by atoms with Crippen LogP contribution < -0.4 is 15.0 Å². The summed E-state index contributed by atoms with van der Waals surface area (Å²) >= 11 is 0. The van der Waals surface area contributed by atoms with Crippen LogP contribution in [0.3, 0.4) is 0 Å². The number of rotatable bonds is 5. The second-order valence-corrected chi connectivity index (χ2v) is 6.68. The zero-order valence-corrected chi connectivity index (χ0v) is 15.3. The highest BCUT2D eigenvalue weighted by molar-refractivity contribution is 6.01. The summed E-state index contributed by atoms with van der Waals surface area (Å²) in [5, 5.41) is 2.81. The van der Waals surface area contributed by atoms with Crippen LogP contribution in [0.4, 0.5) is 15.8 Å². The number of fused-ring (bicyclic) bond motifs is 1. The Bertz CT molecular complexity index is 893. The third kappa shape index (κ3) is 4.34. The van der Waals surface area contributed by atoms with E-state index in [1.54, 1.807) is 42.2 Å². The molecule has 0 radical (unpaired) electrons. The summed E-state index contributed by atoms with van der Waals surface area (Å²) in [5.74, 6) is -0.144. The van der Waals surface area contributed by atoms with E-state index >= 15 is 0 Å². The van der Waals surface area contributed by atoms with Gasteiger partial charge in [0, 0.05) is 12.2 Å². The molecule has 1 heterocycles. The summed E-state index contributed by atoms with van der Waals surface area (Å²) in [6.45, 7) is 7.81. The van der Waals surface area contributed by atoms with Gasteiger partial charge in [0.2, 0.25) is 5.91 Å². The Hall–Kier alpha value is -3.15. The zero-order valence-electron chi connectivity index (χ0n) is 15.3. The van der Waals surface area contributed by atoms with Crippen molar-refractivity contribution in [3.05, 3.63) is 66.0 Å². The number of hydrogen-bond donors (Lipinski definition) is 1. The van der Waals surface area contributed by atoms with E-state index in [-0.39, 0.29) is 24.1 Å². The lowest BCUT2D eigenvalue weighted by molar-refractivity contribution is -0.125. The van der Waals surface area contributed by atoms with Crippen LogP contribution in [-0.2, 0) is 16.0 Å². The third-order valence-electron chi connectivity index (χ3n) is 4.16. The molecule has 0 saturated carbocycles. The van der Waals surface area contributed by atoms with Crippen LogP contribution in [0.25, 0.3) is 0 Å². The lowest BCUT2D eigenvalue weighted by Crippen LogP contribution is -2.45. The molecule has 0 aromatic heterocycles. The molecule has 1 unspecified atom stereocenters. The summed E-state index contributed by atoms with van der Waals surface area (Å²) < 4.78 is 18.6. The third-order valence-corrected chi connectivity index (χ3v) is 4.16. The van der Waals surface area contributed by atoms with Crippen LogP contribution in [0.5, 0.6) is 5.75 Å². The molecule has 140 valence electrons. The standard InChI is InChI=1S/C21H21FN2O3/c1-13(2)12-24-18-11-17(8-9-19(18)27-14(3)21(24)26)23-20(25)10-15-4-6-16(22)7-5-15/h4-9,11,14H,1,10,12H2,2-3H3,(H,23,25). The molecule has 0 spiro atoms. The van der Waals surface area contributed by atoms with Gasteiger partial charge in [-0.3, -0.25) is 9.59 Å². The fourth-order valence-electron chi connectivity index (χ4n) is 2.91. The van der Waals surface area contributed by atoms with Crippen molar-refractivity contribution in [2.45, 2.75) is 26.4 Å². The van der Waals surface area contributed by atoms with Crippen molar-refractivity contribution in [2.75, 3.05) is 16.8 Å². The minimum atomic E-state index is -0.573. The second kappa shape index (κ2) is 7.61. The van der Waals surface area contributed by atoms with Gasteiger partial charge in [-0.2, -0.15) is 0 Å². The molecule has 5 nitrogen and oxygen atoms in total. The highest BCUT2D eigenvalue weighted by Crippen LogP contribution is 2.36. The smallest absolute Gasteiger partial charge is 0.268 e. The molecule has 1 aliphatic rings. The molecule has 2 aromatic rings. The predicted octanol–water partition coefficient (Wildman–Crippen LogP) is 3.70. The quantitative estimate of drug-likeness (QED) is 0.819. The molecular weight excluding hydrogens is 347 g/mol. The largest absolute Gasteiger partial charge is 0.479 e. The van der Waals surface area contributed by atoms with Gasteiger partial charge in [-0.05, 0) is 49.7 Å². The molecular formula is C21H21FN2O3. The Labute approximate surface area is 157 Å². The molecule has 3 rings (SSSR count). The number of anilines is 2. The van der Waals surface area contributed by atoms with Crippen LogP contribution in [0, 0.1) is 5.82 Å². The Morgan fingerprint density at radius 3 is 2.63 bits per heavy atom. The van der Waals surface area contributed by atoms with Gasteiger partial charge in [-0.15, -0.1) is 0 Å². The number of nitrogens with one attached hydrogen (secondary N) is 1. The van der Waals surface area contributed by atoms with Crippen LogP contribution in [0.15, 0.2) is 54.6 Å². The van der Waals surface area contributed by atoms with Gasteiger partial charge >= 0.3 is 0 Å². The van der Waals surface area contributed by atoms with Gasteiger partial charge in [0.1, 0.15) is 11.6 Å². The van der Waals surface area contributed by atoms with Gasteiger partial charge in [-0.25, -0.2) is 4.39 Å². The highest BCUT2D eigenvalue weighted by atomic mass is 19.1. The number of benzene rings is 2. The second-order valence-electron chi connectivity index (χ2n) is 6.68. The fourth-order valence-corrected chi connectivity index (χ4v) is 2.91. The summed E-state index contributed by atoms with van der Waals surface area (Å²) in [6, 6.07) is 11.0. The minimum absolute atomic E-state index is 0.124. The zero-order chi connectivity index (χ0) is 19.6. The minimum Gasteiger partial charge on any atom is -0.479 e. The molecule has 1 aliphatic heterocycles. The number of ether oxygens (including phenoxy) is 1. The molecule has 0 bridgehead atoms. The van der Waals surface area contributed by atoms with Crippen molar-refractivity contribution in [2.24, 2.45) is 0 Å². The lowest BCUT2D eigenvalue weighted by Gasteiger charge is -2.33. The Kier molecular flexibility index (Phi) is 5.26. The summed E-state index contributed by atoms with van der Waals surface area (Å²) in [6.07, 6.45) is -0.449. The van der Waals surface area contributed by atoms with E-state index in [2.05, 4.69) is 11.9 Å². The monoisotopic (exact) mass is 368 g/mol. The Balaban J connectivity index is 1.79. The first kappa shape index (κ1) is 18.6. The summed E-state index contributed by atoms with van der Waals surface area (Å²) in [4.78, 5) is 26.4. The van der Waals surface area contributed by atoms with Crippen LogP contribution in [-0.4, -0.2) is 24.5 Å². The van der Waals surface area contributed by atoms with E-state index in [9.17, 15) is 14.0 Å². The normalized spacial score (nSPS) is 15.7.